The number of carboxylic acids is 1. The summed E-state index contributed by atoms with van der Waals surface area (Å²) in [5, 5.41) is 16.1. The van der Waals surface area contributed by atoms with Gasteiger partial charge in [-0.2, -0.15) is 5.10 Å². The van der Waals surface area contributed by atoms with E-state index in [0.717, 1.165) is 11.1 Å². The molecule has 0 radical (unpaired) electrons. The summed E-state index contributed by atoms with van der Waals surface area (Å²) in [7, 11) is 0. The third-order valence-corrected chi connectivity index (χ3v) is 5.98. The Morgan fingerprint density at radius 2 is 2.09 bits per heavy atom. The van der Waals surface area contributed by atoms with Crippen LogP contribution in [0.15, 0.2) is 17.1 Å². The van der Waals surface area contributed by atoms with Gasteiger partial charge in [0, 0.05) is 12.1 Å². The molecule has 0 unspecified atom stereocenters. The largest absolute Gasteiger partial charge is 0.480 e. The molecular weight excluding hydrogens is 294 g/mol. The monoisotopic (exact) mass is 321 g/mol. The Hall–Kier alpha value is -1.85. The number of rotatable bonds is 4. The molecule has 1 aromatic rings. The molecule has 2 rings (SSSR count). The van der Waals surface area contributed by atoms with E-state index in [1.807, 2.05) is 0 Å². The molecule has 128 valence electrons. The molecule has 0 spiro atoms. The lowest BCUT2D eigenvalue weighted by molar-refractivity contribution is -0.138. The average Bonchev–Trinajstić information content (AvgIpc) is 2.46. The topological polar surface area (TPSA) is 84.2 Å². The first-order chi connectivity index (χ1) is 10.6. The molecule has 0 aliphatic heterocycles. The fraction of sp³-hybridized carbons (Fsp3) is 0.706. The summed E-state index contributed by atoms with van der Waals surface area (Å²) >= 11 is 0. The van der Waals surface area contributed by atoms with Crippen LogP contribution in [0, 0.1) is 23.2 Å². The molecule has 6 heteroatoms. The Labute approximate surface area is 136 Å². The van der Waals surface area contributed by atoms with Gasteiger partial charge in [0.05, 0.1) is 11.9 Å². The van der Waals surface area contributed by atoms with Gasteiger partial charge in [-0.1, -0.05) is 34.6 Å². The zero-order valence-electron chi connectivity index (χ0n) is 14.5. The quantitative estimate of drug-likeness (QED) is 0.890. The van der Waals surface area contributed by atoms with Crippen molar-refractivity contribution in [2.24, 2.45) is 23.2 Å². The van der Waals surface area contributed by atoms with Crippen LogP contribution >= 0.6 is 0 Å². The number of carbonyl (C=O) groups is 1. The van der Waals surface area contributed by atoms with Crippen LogP contribution in [-0.4, -0.2) is 26.9 Å². The van der Waals surface area contributed by atoms with Crippen LogP contribution in [0.25, 0.3) is 0 Å². The Morgan fingerprint density at radius 3 is 2.65 bits per heavy atom. The standard InChI is InChI=1S/C17H27N3O3/c1-10-6-14(11(2)12(3)17(10,4)5)19-13-7-15(21)20(18-8-13)9-16(22)23/h7-8,10-12,14,19H,6,9H2,1-5H3,(H,22,23)/t10-,11+,12+,14+/m0/s1. The minimum atomic E-state index is -1.08. The number of nitrogens with one attached hydrogen (secondary N) is 1. The molecule has 0 amide bonds. The molecule has 1 aliphatic carbocycles. The van der Waals surface area contributed by atoms with E-state index in [9.17, 15) is 9.59 Å². The second-order valence-electron chi connectivity index (χ2n) is 7.49. The lowest BCUT2D eigenvalue weighted by atomic mass is 9.58. The Bertz CT molecular complexity index is 638. The Kier molecular flexibility index (Phi) is 4.82. The van der Waals surface area contributed by atoms with Crippen molar-refractivity contribution in [1.82, 2.24) is 9.78 Å². The predicted molar refractivity (Wildman–Crippen MR) is 89.4 cm³/mol. The van der Waals surface area contributed by atoms with Gasteiger partial charge in [0.1, 0.15) is 6.54 Å². The van der Waals surface area contributed by atoms with Crippen molar-refractivity contribution in [2.45, 2.75) is 53.6 Å². The van der Waals surface area contributed by atoms with Crippen molar-refractivity contribution >= 4 is 11.7 Å². The normalized spacial score (nSPS) is 30.0. The molecule has 1 heterocycles. The first-order valence-electron chi connectivity index (χ1n) is 8.18. The molecular formula is C17H27N3O3. The van der Waals surface area contributed by atoms with Gasteiger partial charge in [-0.15, -0.1) is 0 Å². The second kappa shape index (κ2) is 6.34. The minimum absolute atomic E-state index is 0.282. The molecule has 2 N–H and O–H groups in total. The zero-order valence-corrected chi connectivity index (χ0v) is 14.5. The summed E-state index contributed by atoms with van der Waals surface area (Å²) in [4.78, 5) is 22.6. The molecule has 4 atom stereocenters. The van der Waals surface area contributed by atoms with Crippen LogP contribution in [-0.2, 0) is 11.3 Å². The van der Waals surface area contributed by atoms with E-state index in [1.54, 1.807) is 0 Å². The van der Waals surface area contributed by atoms with Crippen molar-refractivity contribution < 1.29 is 9.90 Å². The fourth-order valence-electron chi connectivity index (χ4n) is 3.54. The first kappa shape index (κ1) is 17.5. The molecule has 1 fully saturated rings. The molecule has 1 saturated carbocycles. The van der Waals surface area contributed by atoms with Gasteiger partial charge in [0.25, 0.3) is 5.56 Å². The SMILES string of the molecule is C[C@@H]1[C@@H](C)C(C)(C)[C@@H](C)C[C@H]1Nc1cnn(CC(=O)O)c(=O)c1. The summed E-state index contributed by atoms with van der Waals surface area (Å²) in [6.45, 7) is 11.0. The third-order valence-electron chi connectivity index (χ3n) is 5.98. The Morgan fingerprint density at radius 1 is 1.43 bits per heavy atom. The molecule has 0 saturated heterocycles. The summed E-state index contributed by atoms with van der Waals surface area (Å²) in [6, 6.07) is 1.71. The van der Waals surface area contributed by atoms with Gasteiger partial charge in [-0.25, -0.2) is 4.68 Å². The van der Waals surface area contributed by atoms with Crippen LogP contribution in [0.1, 0.15) is 41.0 Å². The summed E-state index contributed by atoms with van der Waals surface area (Å²) in [5.74, 6) is 0.532. The number of hydrogen-bond acceptors (Lipinski definition) is 4. The van der Waals surface area contributed by atoms with Crippen molar-refractivity contribution in [1.29, 1.82) is 0 Å². The van der Waals surface area contributed by atoms with Gasteiger partial charge in [0.2, 0.25) is 0 Å². The van der Waals surface area contributed by atoms with Crippen LogP contribution in [0.3, 0.4) is 0 Å². The van der Waals surface area contributed by atoms with Crippen LogP contribution in [0.5, 0.6) is 0 Å². The zero-order chi connectivity index (χ0) is 17.4. The second-order valence-corrected chi connectivity index (χ2v) is 7.49. The van der Waals surface area contributed by atoms with Gasteiger partial charge >= 0.3 is 5.97 Å². The van der Waals surface area contributed by atoms with Crippen LogP contribution in [0.4, 0.5) is 5.69 Å². The maximum Gasteiger partial charge on any atom is 0.325 e. The highest BCUT2D eigenvalue weighted by Crippen LogP contribution is 2.47. The first-order valence-corrected chi connectivity index (χ1v) is 8.18. The van der Waals surface area contributed by atoms with Crippen molar-refractivity contribution in [3.63, 3.8) is 0 Å². The van der Waals surface area contributed by atoms with Crippen molar-refractivity contribution in [3.8, 4) is 0 Å². The molecule has 6 nitrogen and oxygen atoms in total. The molecule has 0 bridgehead atoms. The van der Waals surface area contributed by atoms with Gasteiger partial charge in [-0.05, 0) is 29.6 Å². The van der Waals surface area contributed by atoms with E-state index in [4.69, 9.17) is 5.11 Å². The number of hydrogen-bond donors (Lipinski definition) is 2. The maximum atomic E-state index is 11.9. The smallest absolute Gasteiger partial charge is 0.325 e. The van der Waals surface area contributed by atoms with Gasteiger partial charge < -0.3 is 10.4 Å². The highest BCUT2D eigenvalue weighted by atomic mass is 16.4. The predicted octanol–water partition coefficient (Wildman–Crippen LogP) is 2.45. The number of aliphatic carboxylic acids is 1. The van der Waals surface area contributed by atoms with Crippen molar-refractivity contribution in [3.05, 3.63) is 22.6 Å². The molecule has 0 aromatic carbocycles. The maximum absolute atomic E-state index is 11.9. The van der Waals surface area contributed by atoms with Crippen molar-refractivity contribution in [2.75, 3.05) is 5.32 Å². The van der Waals surface area contributed by atoms with E-state index in [-0.39, 0.29) is 6.04 Å². The molecule has 23 heavy (non-hydrogen) atoms. The third kappa shape index (κ3) is 3.57. The average molecular weight is 321 g/mol. The van der Waals surface area contributed by atoms with Gasteiger partial charge in [0.15, 0.2) is 0 Å². The van der Waals surface area contributed by atoms with E-state index < -0.39 is 18.1 Å². The van der Waals surface area contributed by atoms with E-state index in [0.29, 0.717) is 28.9 Å². The van der Waals surface area contributed by atoms with E-state index in [2.05, 4.69) is 45.0 Å². The lowest BCUT2D eigenvalue weighted by Crippen LogP contribution is -2.48. The number of anilines is 1. The number of aromatic nitrogens is 2. The summed E-state index contributed by atoms with van der Waals surface area (Å²) in [6.07, 6.45) is 2.57. The Balaban J connectivity index is 2.15. The van der Waals surface area contributed by atoms with E-state index in [1.165, 1.54) is 12.3 Å². The van der Waals surface area contributed by atoms with Crippen LogP contribution < -0.4 is 10.9 Å². The molecule has 1 aliphatic rings. The molecule has 1 aromatic heterocycles. The highest BCUT2D eigenvalue weighted by molar-refractivity contribution is 5.66. The fourth-order valence-corrected chi connectivity index (χ4v) is 3.54. The summed E-state index contributed by atoms with van der Waals surface area (Å²) < 4.78 is 0.951. The lowest BCUT2D eigenvalue weighted by Gasteiger charge is -2.50. The van der Waals surface area contributed by atoms with E-state index >= 15 is 0 Å². The number of carboxylic acid groups (broad SMARTS) is 1. The minimum Gasteiger partial charge on any atom is -0.480 e. The van der Waals surface area contributed by atoms with Crippen LogP contribution in [0.2, 0.25) is 0 Å². The van der Waals surface area contributed by atoms with Gasteiger partial charge in [-0.3, -0.25) is 9.59 Å². The number of nitrogens with zero attached hydrogens (tertiary/aromatic N) is 2. The highest BCUT2D eigenvalue weighted by Gasteiger charge is 2.43. The summed E-state index contributed by atoms with van der Waals surface area (Å²) in [5.41, 5.74) is 0.552.